The van der Waals surface area contributed by atoms with Crippen LogP contribution in [0.15, 0.2) is 36.4 Å². The van der Waals surface area contributed by atoms with E-state index in [-0.39, 0.29) is 18.4 Å². The molecular formula is C18H23FN2O4. The Morgan fingerprint density at radius 1 is 1.16 bits per heavy atom. The number of nitrogens with one attached hydrogen (secondary N) is 2. The molecular weight excluding hydrogens is 327 g/mol. The van der Waals surface area contributed by atoms with E-state index in [0.29, 0.717) is 5.57 Å². The summed E-state index contributed by atoms with van der Waals surface area (Å²) in [6.07, 6.45) is 0.157. The number of carbonyl (C=O) groups excluding carboxylic acids is 3. The van der Waals surface area contributed by atoms with Crippen LogP contribution in [0.1, 0.15) is 25.8 Å². The number of benzene rings is 1. The van der Waals surface area contributed by atoms with Crippen molar-refractivity contribution in [2.24, 2.45) is 0 Å². The first-order valence-corrected chi connectivity index (χ1v) is 7.77. The van der Waals surface area contributed by atoms with Crippen molar-refractivity contribution in [1.82, 2.24) is 10.6 Å². The number of hydrogen-bond donors (Lipinski definition) is 2. The van der Waals surface area contributed by atoms with Gasteiger partial charge in [0.15, 0.2) is 0 Å². The number of halogens is 1. The topological polar surface area (TPSA) is 84.5 Å². The Balaban J connectivity index is 2.94. The standard InChI is InChI=1S/C18H23FN2O4/c1-11(2)9-16(18(24)25-4)21-17(23)15(20-12(3)22)10-13-7-5-6-8-14(13)19/h5-8,15-16H,1,9-10H2,2-4H3,(H,20,22)(H,21,23)/t15-,16-/m1/s1. The van der Waals surface area contributed by atoms with Gasteiger partial charge in [0, 0.05) is 13.3 Å². The molecule has 2 N–H and O–H groups in total. The number of methoxy groups -OCH3 is 1. The summed E-state index contributed by atoms with van der Waals surface area (Å²) >= 11 is 0. The molecule has 136 valence electrons. The zero-order valence-electron chi connectivity index (χ0n) is 14.6. The smallest absolute Gasteiger partial charge is 0.328 e. The number of carbonyl (C=O) groups is 3. The van der Waals surface area contributed by atoms with Crippen LogP contribution in [-0.2, 0) is 25.5 Å². The molecule has 1 rings (SSSR count). The molecule has 0 saturated carbocycles. The molecule has 0 aromatic heterocycles. The zero-order valence-corrected chi connectivity index (χ0v) is 14.6. The molecule has 0 aliphatic carbocycles. The maximum Gasteiger partial charge on any atom is 0.328 e. The van der Waals surface area contributed by atoms with Gasteiger partial charge < -0.3 is 15.4 Å². The third-order valence-corrected chi connectivity index (χ3v) is 3.43. The molecule has 1 aromatic rings. The summed E-state index contributed by atoms with van der Waals surface area (Å²) in [5.74, 6) is -2.14. The first kappa shape index (κ1) is 20.3. The maximum atomic E-state index is 13.8. The lowest BCUT2D eigenvalue weighted by Crippen LogP contribution is -2.52. The molecule has 0 unspecified atom stereocenters. The average molecular weight is 350 g/mol. The van der Waals surface area contributed by atoms with Gasteiger partial charge in [-0.1, -0.05) is 23.8 Å². The van der Waals surface area contributed by atoms with Crippen LogP contribution < -0.4 is 10.6 Å². The van der Waals surface area contributed by atoms with Gasteiger partial charge in [0.05, 0.1) is 7.11 Å². The van der Waals surface area contributed by atoms with Crippen LogP contribution in [-0.4, -0.2) is 37.0 Å². The number of rotatable bonds is 8. The molecule has 0 spiro atoms. The van der Waals surface area contributed by atoms with E-state index in [2.05, 4.69) is 21.9 Å². The lowest BCUT2D eigenvalue weighted by atomic mass is 10.0. The van der Waals surface area contributed by atoms with Gasteiger partial charge in [-0.3, -0.25) is 9.59 Å². The molecule has 2 amide bonds. The summed E-state index contributed by atoms with van der Waals surface area (Å²) in [7, 11) is 1.21. The summed E-state index contributed by atoms with van der Waals surface area (Å²) in [6.45, 7) is 6.69. The summed E-state index contributed by atoms with van der Waals surface area (Å²) < 4.78 is 18.5. The molecule has 25 heavy (non-hydrogen) atoms. The first-order valence-electron chi connectivity index (χ1n) is 7.77. The Kier molecular flexibility index (Phi) is 7.78. The van der Waals surface area contributed by atoms with Crippen LogP contribution in [0.2, 0.25) is 0 Å². The third kappa shape index (κ3) is 6.74. The van der Waals surface area contributed by atoms with Crippen molar-refractivity contribution >= 4 is 17.8 Å². The predicted molar refractivity (Wildman–Crippen MR) is 91.1 cm³/mol. The van der Waals surface area contributed by atoms with Gasteiger partial charge >= 0.3 is 5.97 Å². The van der Waals surface area contributed by atoms with E-state index in [1.807, 2.05) is 0 Å². The third-order valence-electron chi connectivity index (χ3n) is 3.43. The first-order chi connectivity index (χ1) is 11.7. The van der Waals surface area contributed by atoms with Crippen molar-refractivity contribution in [1.29, 1.82) is 0 Å². The number of amides is 2. The molecule has 6 nitrogen and oxygen atoms in total. The lowest BCUT2D eigenvalue weighted by Gasteiger charge is -2.22. The Labute approximate surface area is 146 Å². The Bertz CT molecular complexity index is 660. The minimum Gasteiger partial charge on any atom is -0.467 e. The highest BCUT2D eigenvalue weighted by atomic mass is 19.1. The van der Waals surface area contributed by atoms with E-state index in [0.717, 1.165) is 0 Å². The van der Waals surface area contributed by atoms with Gasteiger partial charge in [-0.25, -0.2) is 9.18 Å². The highest BCUT2D eigenvalue weighted by Crippen LogP contribution is 2.11. The van der Waals surface area contributed by atoms with Crippen molar-refractivity contribution in [3.8, 4) is 0 Å². The molecule has 0 bridgehead atoms. The second-order valence-corrected chi connectivity index (χ2v) is 5.79. The Hall–Kier alpha value is -2.70. The SMILES string of the molecule is C=C(C)C[C@@H](NC(=O)[C@@H](Cc1ccccc1F)NC(C)=O)C(=O)OC. The van der Waals surface area contributed by atoms with Gasteiger partial charge in [-0.05, 0) is 25.0 Å². The largest absolute Gasteiger partial charge is 0.467 e. The second kappa shape index (κ2) is 9.56. The molecule has 0 saturated heterocycles. The average Bonchev–Trinajstić information content (AvgIpc) is 2.53. The fraction of sp³-hybridized carbons (Fsp3) is 0.389. The monoisotopic (exact) mass is 350 g/mol. The number of hydrogen-bond acceptors (Lipinski definition) is 4. The summed E-state index contributed by atoms with van der Waals surface area (Å²) in [4.78, 5) is 35.7. The lowest BCUT2D eigenvalue weighted by molar-refractivity contribution is -0.145. The molecule has 0 heterocycles. The van der Waals surface area contributed by atoms with Gasteiger partial charge in [0.1, 0.15) is 17.9 Å². The maximum absolute atomic E-state index is 13.8. The van der Waals surface area contributed by atoms with Crippen LogP contribution in [0.3, 0.4) is 0 Å². The number of esters is 1. The predicted octanol–water partition coefficient (Wildman–Crippen LogP) is 1.50. The van der Waals surface area contributed by atoms with E-state index in [9.17, 15) is 18.8 Å². The van der Waals surface area contributed by atoms with Crippen molar-refractivity contribution in [2.45, 2.75) is 38.8 Å². The fourth-order valence-corrected chi connectivity index (χ4v) is 2.29. The highest BCUT2D eigenvalue weighted by Gasteiger charge is 2.27. The summed E-state index contributed by atoms with van der Waals surface area (Å²) in [5.41, 5.74) is 0.965. The molecule has 1 aromatic carbocycles. The van der Waals surface area contributed by atoms with E-state index in [4.69, 9.17) is 0 Å². The van der Waals surface area contributed by atoms with E-state index >= 15 is 0 Å². The van der Waals surface area contributed by atoms with Crippen LogP contribution in [0.4, 0.5) is 4.39 Å². The van der Waals surface area contributed by atoms with Gasteiger partial charge in [-0.15, -0.1) is 6.58 Å². The van der Waals surface area contributed by atoms with Gasteiger partial charge in [0.25, 0.3) is 0 Å². The quantitative estimate of drug-likeness (QED) is 0.550. The van der Waals surface area contributed by atoms with E-state index in [1.165, 1.54) is 32.2 Å². The minimum atomic E-state index is -1.02. The zero-order chi connectivity index (χ0) is 19.0. The van der Waals surface area contributed by atoms with Gasteiger partial charge in [0.2, 0.25) is 11.8 Å². The minimum absolute atomic E-state index is 0.0426. The second-order valence-electron chi connectivity index (χ2n) is 5.79. The molecule has 0 aliphatic heterocycles. The molecule has 0 aliphatic rings. The van der Waals surface area contributed by atoms with Gasteiger partial charge in [-0.2, -0.15) is 0 Å². The Morgan fingerprint density at radius 3 is 2.32 bits per heavy atom. The normalized spacial score (nSPS) is 12.6. The van der Waals surface area contributed by atoms with Crippen LogP contribution in [0.5, 0.6) is 0 Å². The van der Waals surface area contributed by atoms with Crippen molar-refractivity contribution < 1.29 is 23.5 Å². The molecule has 2 atom stereocenters. The molecule has 0 radical (unpaired) electrons. The van der Waals surface area contributed by atoms with Crippen molar-refractivity contribution in [3.05, 3.63) is 47.8 Å². The Morgan fingerprint density at radius 2 is 1.80 bits per heavy atom. The van der Waals surface area contributed by atoms with Crippen molar-refractivity contribution in [2.75, 3.05) is 7.11 Å². The fourth-order valence-electron chi connectivity index (χ4n) is 2.29. The molecule has 0 fully saturated rings. The van der Waals surface area contributed by atoms with Crippen LogP contribution >= 0.6 is 0 Å². The number of ether oxygens (including phenoxy) is 1. The summed E-state index contributed by atoms with van der Waals surface area (Å²) in [5, 5.41) is 5.01. The van der Waals surface area contributed by atoms with Crippen LogP contribution in [0.25, 0.3) is 0 Å². The highest BCUT2D eigenvalue weighted by molar-refractivity contribution is 5.90. The van der Waals surface area contributed by atoms with Crippen molar-refractivity contribution in [3.63, 3.8) is 0 Å². The van der Waals surface area contributed by atoms with Crippen LogP contribution in [0, 0.1) is 5.82 Å². The van der Waals surface area contributed by atoms with E-state index in [1.54, 1.807) is 13.0 Å². The summed E-state index contributed by atoms with van der Waals surface area (Å²) in [6, 6.07) is 4.03. The molecule has 7 heteroatoms. The van der Waals surface area contributed by atoms with E-state index < -0.39 is 35.7 Å².